The SMILES string of the molecule is N#CC1(NC2CC2)CCCC1CCOC1CCCCC1. The molecule has 3 aliphatic rings. The average molecular weight is 276 g/mol. The minimum atomic E-state index is -0.239. The summed E-state index contributed by atoms with van der Waals surface area (Å²) < 4.78 is 6.07. The van der Waals surface area contributed by atoms with Crippen LogP contribution in [0.5, 0.6) is 0 Å². The summed E-state index contributed by atoms with van der Waals surface area (Å²) in [6, 6.07) is 3.24. The molecule has 0 heterocycles. The molecule has 1 N–H and O–H groups in total. The first-order valence-corrected chi connectivity index (χ1v) is 8.63. The molecule has 2 atom stereocenters. The molecule has 0 radical (unpaired) electrons. The highest BCUT2D eigenvalue weighted by atomic mass is 16.5. The van der Waals surface area contributed by atoms with Gasteiger partial charge in [0.15, 0.2) is 0 Å². The zero-order valence-corrected chi connectivity index (χ0v) is 12.6. The number of rotatable bonds is 6. The standard InChI is InChI=1S/C17H28N2O/c18-13-17(19-15-8-9-15)11-4-5-14(17)10-12-20-16-6-2-1-3-7-16/h14-16,19H,1-12H2. The molecule has 2 unspecified atom stereocenters. The first kappa shape index (κ1) is 14.4. The van der Waals surface area contributed by atoms with Gasteiger partial charge in [-0.25, -0.2) is 0 Å². The van der Waals surface area contributed by atoms with Crippen molar-refractivity contribution in [1.29, 1.82) is 5.26 Å². The number of ether oxygens (including phenoxy) is 1. The van der Waals surface area contributed by atoms with Gasteiger partial charge in [-0.15, -0.1) is 0 Å². The van der Waals surface area contributed by atoms with Crippen molar-refractivity contribution in [3.63, 3.8) is 0 Å². The second kappa shape index (κ2) is 6.45. The number of hydrogen-bond acceptors (Lipinski definition) is 3. The molecular weight excluding hydrogens is 248 g/mol. The Morgan fingerprint density at radius 2 is 1.85 bits per heavy atom. The third-order valence-electron chi connectivity index (χ3n) is 5.43. The number of nitrogens with one attached hydrogen (secondary N) is 1. The van der Waals surface area contributed by atoms with Gasteiger partial charge < -0.3 is 4.74 Å². The number of nitrogens with zero attached hydrogens (tertiary/aromatic N) is 1. The zero-order valence-electron chi connectivity index (χ0n) is 12.6. The van der Waals surface area contributed by atoms with Crippen molar-refractivity contribution < 1.29 is 4.74 Å². The zero-order chi connectivity index (χ0) is 13.8. The molecule has 112 valence electrons. The first-order chi connectivity index (χ1) is 9.82. The fourth-order valence-corrected chi connectivity index (χ4v) is 4.04. The van der Waals surface area contributed by atoms with Crippen molar-refractivity contribution in [2.45, 2.75) is 88.3 Å². The maximum atomic E-state index is 9.66. The lowest BCUT2D eigenvalue weighted by Gasteiger charge is -2.31. The molecule has 3 heteroatoms. The maximum Gasteiger partial charge on any atom is 0.109 e. The predicted octanol–water partition coefficient (Wildman–Crippen LogP) is 3.54. The van der Waals surface area contributed by atoms with Gasteiger partial charge in [-0.1, -0.05) is 25.7 Å². The third-order valence-corrected chi connectivity index (χ3v) is 5.43. The molecule has 0 amide bonds. The molecule has 3 nitrogen and oxygen atoms in total. The first-order valence-electron chi connectivity index (χ1n) is 8.63. The summed E-state index contributed by atoms with van der Waals surface area (Å²) in [5.74, 6) is 0.497. The van der Waals surface area contributed by atoms with E-state index >= 15 is 0 Å². The van der Waals surface area contributed by atoms with E-state index in [1.165, 1.54) is 57.8 Å². The number of nitriles is 1. The summed E-state index contributed by atoms with van der Waals surface area (Å²) in [4.78, 5) is 0. The van der Waals surface area contributed by atoms with Crippen molar-refractivity contribution >= 4 is 0 Å². The van der Waals surface area contributed by atoms with Crippen LogP contribution in [0.3, 0.4) is 0 Å². The second-order valence-electron chi connectivity index (χ2n) is 7.01. The van der Waals surface area contributed by atoms with Gasteiger partial charge in [-0.05, 0) is 50.9 Å². The highest BCUT2D eigenvalue weighted by Crippen LogP contribution is 2.40. The van der Waals surface area contributed by atoms with Crippen LogP contribution in [-0.4, -0.2) is 24.3 Å². The van der Waals surface area contributed by atoms with Gasteiger partial charge in [0.05, 0.1) is 12.2 Å². The third kappa shape index (κ3) is 3.35. The van der Waals surface area contributed by atoms with Crippen molar-refractivity contribution in [2.75, 3.05) is 6.61 Å². The molecule has 20 heavy (non-hydrogen) atoms. The van der Waals surface area contributed by atoms with Crippen LogP contribution in [-0.2, 0) is 4.74 Å². The Morgan fingerprint density at radius 1 is 1.05 bits per heavy atom. The Bertz CT molecular complexity index is 354. The Hall–Kier alpha value is -0.590. The molecule has 3 fully saturated rings. The molecule has 0 aromatic heterocycles. The highest BCUT2D eigenvalue weighted by Gasteiger charge is 2.45. The molecular formula is C17H28N2O. The van der Waals surface area contributed by atoms with Gasteiger partial charge in [0.1, 0.15) is 5.54 Å². The van der Waals surface area contributed by atoms with Crippen LogP contribution in [0.15, 0.2) is 0 Å². The molecule has 0 aromatic rings. The van der Waals surface area contributed by atoms with Gasteiger partial charge in [0.2, 0.25) is 0 Å². The quantitative estimate of drug-likeness (QED) is 0.807. The summed E-state index contributed by atoms with van der Waals surface area (Å²) in [6.45, 7) is 0.852. The summed E-state index contributed by atoms with van der Waals surface area (Å²) >= 11 is 0. The minimum absolute atomic E-state index is 0.239. The molecule has 3 rings (SSSR count). The van der Waals surface area contributed by atoms with Gasteiger partial charge in [0.25, 0.3) is 0 Å². The summed E-state index contributed by atoms with van der Waals surface area (Å²) in [7, 11) is 0. The normalized spacial score (nSPS) is 35.0. The van der Waals surface area contributed by atoms with Crippen molar-refractivity contribution in [3.05, 3.63) is 0 Å². The lowest BCUT2D eigenvalue weighted by molar-refractivity contribution is 0.0182. The largest absolute Gasteiger partial charge is 0.378 e. The van der Waals surface area contributed by atoms with Gasteiger partial charge in [-0.2, -0.15) is 5.26 Å². The minimum Gasteiger partial charge on any atom is -0.378 e. The molecule has 3 saturated carbocycles. The predicted molar refractivity (Wildman–Crippen MR) is 79.3 cm³/mol. The Balaban J connectivity index is 1.46. The van der Waals surface area contributed by atoms with Gasteiger partial charge in [-0.3, -0.25) is 5.32 Å². The lowest BCUT2D eigenvalue weighted by Crippen LogP contribution is -2.48. The van der Waals surface area contributed by atoms with E-state index in [0.29, 0.717) is 18.1 Å². The fraction of sp³-hybridized carbons (Fsp3) is 0.941. The van der Waals surface area contributed by atoms with Crippen LogP contribution in [0.4, 0.5) is 0 Å². The van der Waals surface area contributed by atoms with E-state index in [1.54, 1.807) is 0 Å². The monoisotopic (exact) mass is 276 g/mol. The van der Waals surface area contributed by atoms with Crippen molar-refractivity contribution in [3.8, 4) is 6.07 Å². The lowest BCUT2D eigenvalue weighted by atomic mass is 9.86. The van der Waals surface area contributed by atoms with E-state index in [2.05, 4.69) is 11.4 Å². The molecule has 0 aromatic carbocycles. The van der Waals surface area contributed by atoms with Crippen molar-refractivity contribution in [2.24, 2.45) is 5.92 Å². The summed E-state index contributed by atoms with van der Waals surface area (Å²) in [5.41, 5.74) is -0.239. The Kier molecular flexibility index (Phi) is 4.63. The Labute approximate surface area is 123 Å². The van der Waals surface area contributed by atoms with Crippen LogP contribution in [0.25, 0.3) is 0 Å². The van der Waals surface area contributed by atoms with E-state index in [0.717, 1.165) is 19.4 Å². The molecule has 0 spiro atoms. The van der Waals surface area contributed by atoms with E-state index in [4.69, 9.17) is 4.74 Å². The van der Waals surface area contributed by atoms with Gasteiger partial charge >= 0.3 is 0 Å². The van der Waals surface area contributed by atoms with Crippen LogP contribution >= 0.6 is 0 Å². The van der Waals surface area contributed by atoms with Crippen LogP contribution in [0.1, 0.15) is 70.6 Å². The average Bonchev–Trinajstić information content (AvgIpc) is 3.21. The topological polar surface area (TPSA) is 45.0 Å². The van der Waals surface area contributed by atoms with Crippen LogP contribution < -0.4 is 5.32 Å². The van der Waals surface area contributed by atoms with Crippen LogP contribution in [0, 0.1) is 17.2 Å². The van der Waals surface area contributed by atoms with Crippen molar-refractivity contribution in [1.82, 2.24) is 5.32 Å². The molecule has 0 saturated heterocycles. The van der Waals surface area contributed by atoms with E-state index < -0.39 is 0 Å². The maximum absolute atomic E-state index is 9.66. The smallest absolute Gasteiger partial charge is 0.109 e. The van der Waals surface area contributed by atoms with E-state index in [-0.39, 0.29) is 5.54 Å². The Morgan fingerprint density at radius 3 is 2.55 bits per heavy atom. The van der Waals surface area contributed by atoms with E-state index in [1.807, 2.05) is 0 Å². The fourth-order valence-electron chi connectivity index (χ4n) is 4.04. The number of hydrogen-bond donors (Lipinski definition) is 1. The summed E-state index contributed by atoms with van der Waals surface area (Å²) in [6.07, 6.45) is 14.0. The highest BCUT2D eigenvalue weighted by molar-refractivity contribution is 5.16. The van der Waals surface area contributed by atoms with E-state index in [9.17, 15) is 5.26 Å². The molecule has 3 aliphatic carbocycles. The second-order valence-corrected chi connectivity index (χ2v) is 7.01. The molecule has 0 bridgehead atoms. The summed E-state index contributed by atoms with van der Waals surface area (Å²) in [5, 5.41) is 13.3. The molecule has 0 aliphatic heterocycles. The van der Waals surface area contributed by atoms with Gasteiger partial charge in [0, 0.05) is 12.6 Å². The van der Waals surface area contributed by atoms with Crippen LogP contribution in [0.2, 0.25) is 0 Å².